The molecular weight excluding hydrogens is 394 g/mol. The van der Waals surface area contributed by atoms with E-state index in [0.717, 1.165) is 24.2 Å². The van der Waals surface area contributed by atoms with E-state index in [4.69, 9.17) is 0 Å². The molecule has 0 spiro atoms. The highest BCUT2D eigenvalue weighted by atomic mass is 79.9. The van der Waals surface area contributed by atoms with E-state index in [9.17, 15) is 4.79 Å². The van der Waals surface area contributed by atoms with Gasteiger partial charge in [-0.3, -0.25) is 9.89 Å². The van der Waals surface area contributed by atoms with Gasteiger partial charge in [-0.25, -0.2) is 0 Å². The molecule has 96 valence electrons. The van der Waals surface area contributed by atoms with Gasteiger partial charge in [0.25, 0.3) is 5.91 Å². The molecule has 0 saturated carbocycles. The normalized spacial score (nSPS) is 10.8. The lowest BCUT2D eigenvalue weighted by Gasteiger charge is -2.05. The number of nitrogens with zero attached hydrogens (tertiary/aromatic N) is 1. The first-order valence-corrected chi connectivity index (χ1v) is 7.73. The fraction of sp³-hybridized carbons (Fsp3) is 0. The second-order valence-electron chi connectivity index (χ2n) is 3.83. The van der Waals surface area contributed by atoms with Crippen molar-refractivity contribution >= 4 is 65.7 Å². The van der Waals surface area contributed by atoms with Gasteiger partial charge >= 0.3 is 0 Å². The van der Waals surface area contributed by atoms with Crippen LogP contribution in [-0.2, 0) is 0 Å². The monoisotopic (exact) mass is 399 g/mol. The first-order chi connectivity index (χ1) is 9.15. The van der Waals surface area contributed by atoms with Gasteiger partial charge in [-0.2, -0.15) is 5.10 Å². The molecule has 2 heterocycles. The number of carbonyl (C=O) groups excluding carboxylic acids is 1. The third kappa shape index (κ3) is 2.45. The van der Waals surface area contributed by atoms with Gasteiger partial charge in [-0.15, -0.1) is 11.3 Å². The Labute approximate surface area is 129 Å². The number of hydrogen-bond acceptors (Lipinski definition) is 3. The fourth-order valence-corrected chi connectivity index (χ4v) is 4.56. The van der Waals surface area contributed by atoms with Crippen LogP contribution in [0.1, 0.15) is 10.4 Å². The first kappa shape index (κ1) is 12.8. The average Bonchev–Trinajstić information content (AvgIpc) is 2.96. The maximum atomic E-state index is 12.2. The predicted molar refractivity (Wildman–Crippen MR) is 83.8 cm³/mol. The largest absolute Gasteiger partial charge is 0.321 e. The predicted octanol–water partition coefficient (Wildman–Crippen LogP) is 4.40. The van der Waals surface area contributed by atoms with Gasteiger partial charge in [0.15, 0.2) is 0 Å². The Morgan fingerprint density at radius 1 is 1.37 bits per heavy atom. The Morgan fingerprint density at radius 2 is 2.21 bits per heavy atom. The van der Waals surface area contributed by atoms with Crippen LogP contribution in [0.3, 0.4) is 0 Å². The zero-order chi connectivity index (χ0) is 13.4. The minimum absolute atomic E-state index is 0.150. The van der Waals surface area contributed by atoms with E-state index >= 15 is 0 Å². The summed E-state index contributed by atoms with van der Waals surface area (Å²) in [6.07, 6.45) is 1.70. The molecule has 1 aromatic carbocycles. The molecule has 0 fully saturated rings. The number of aromatic nitrogens is 2. The highest BCUT2D eigenvalue weighted by Crippen LogP contribution is 2.32. The van der Waals surface area contributed by atoms with E-state index in [-0.39, 0.29) is 5.91 Å². The van der Waals surface area contributed by atoms with Gasteiger partial charge in [0.05, 0.1) is 30.5 Å². The van der Waals surface area contributed by atoms with E-state index in [1.807, 2.05) is 18.2 Å². The second-order valence-corrected chi connectivity index (χ2v) is 7.58. The molecular formula is C12H7Br2N3OS. The van der Waals surface area contributed by atoms with Crippen LogP contribution in [0.15, 0.2) is 38.0 Å². The molecule has 0 aliphatic rings. The van der Waals surface area contributed by atoms with Crippen molar-refractivity contribution in [3.05, 3.63) is 43.6 Å². The van der Waals surface area contributed by atoms with Crippen LogP contribution in [0, 0.1) is 0 Å². The Hall–Kier alpha value is -1.18. The van der Waals surface area contributed by atoms with Crippen LogP contribution in [0.5, 0.6) is 0 Å². The third-order valence-corrected chi connectivity index (χ3v) is 4.97. The summed E-state index contributed by atoms with van der Waals surface area (Å²) < 4.78 is 1.71. The van der Waals surface area contributed by atoms with Crippen LogP contribution in [0.4, 0.5) is 5.69 Å². The number of amides is 1. The molecule has 0 radical (unpaired) electrons. The van der Waals surface area contributed by atoms with E-state index in [1.54, 1.807) is 12.3 Å². The Morgan fingerprint density at radius 3 is 2.95 bits per heavy atom. The molecule has 4 nitrogen and oxygen atoms in total. The van der Waals surface area contributed by atoms with Gasteiger partial charge in [-0.05, 0) is 50.1 Å². The fourth-order valence-electron chi connectivity index (χ4n) is 1.76. The number of halogens is 2. The maximum absolute atomic E-state index is 12.2. The van der Waals surface area contributed by atoms with Gasteiger partial charge in [0.2, 0.25) is 0 Å². The van der Waals surface area contributed by atoms with Crippen LogP contribution in [0.25, 0.3) is 10.9 Å². The number of aromatic amines is 1. The number of thiophene rings is 1. The van der Waals surface area contributed by atoms with Crippen LogP contribution in [0.2, 0.25) is 0 Å². The summed E-state index contributed by atoms with van der Waals surface area (Å²) in [5, 5.41) is 10.6. The van der Waals surface area contributed by atoms with E-state index in [2.05, 4.69) is 47.4 Å². The zero-order valence-corrected chi connectivity index (χ0v) is 13.4. The lowest BCUT2D eigenvalue weighted by atomic mass is 10.2. The number of anilines is 1. The Balaban J connectivity index is 1.95. The van der Waals surface area contributed by atoms with E-state index < -0.39 is 0 Å². The summed E-state index contributed by atoms with van der Waals surface area (Å²) in [5.41, 5.74) is 2.24. The highest BCUT2D eigenvalue weighted by Gasteiger charge is 2.15. The number of fused-ring (bicyclic) bond motifs is 1. The molecule has 0 saturated heterocycles. The van der Waals surface area contributed by atoms with Gasteiger partial charge < -0.3 is 5.32 Å². The Bertz CT molecular complexity index is 765. The first-order valence-electron chi connectivity index (χ1n) is 5.33. The average molecular weight is 401 g/mol. The number of nitrogens with one attached hydrogen (secondary N) is 2. The van der Waals surface area contributed by atoms with Crippen molar-refractivity contribution < 1.29 is 4.79 Å². The molecule has 19 heavy (non-hydrogen) atoms. The molecule has 3 rings (SSSR count). The lowest BCUT2D eigenvalue weighted by Crippen LogP contribution is -2.11. The molecule has 7 heteroatoms. The van der Waals surface area contributed by atoms with Crippen LogP contribution < -0.4 is 5.32 Å². The number of carbonyl (C=O) groups is 1. The quantitative estimate of drug-likeness (QED) is 0.669. The molecule has 2 aromatic heterocycles. The minimum atomic E-state index is -0.150. The number of benzene rings is 1. The summed E-state index contributed by atoms with van der Waals surface area (Å²) in [5.74, 6) is -0.150. The van der Waals surface area contributed by atoms with Crippen molar-refractivity contribution in [3.63, 3.8) is 0 Å². The van der Waals surface area contributed by atoms with E-state index in [1.165, 1.54) is 11.3 Å². The SMILES string of the molecule is O=C(Nc1cccc2[nH]ncc12)c1cc(Br)sc1Br. The van der Waals surface area contributed by atoms with Crippen molar-refractivity contribution in [1.82, 2.24) is 10.2 Å². The van der Waals surface area contributed by atoms with Crippen molar-refractivity contribution in [2.45, 2.75) is 0 Å². The number of H-pyrrole nitrogens is 1. The van der Waals surface area contributed by atoms with Crippen molar-refractivity contribution in [2.75, 3.05) is 5.32 Å². The summed E-state index contributed by atoms with van der Waals surface area (Å²) in [6, 6.07) is 7.43. The summed E-state index contributed by atoms with van der Waals surface area (Å²) in [6.45, 7) is 0. The molecule has 1 amide bonds. The summed E-state index contributed by atoms with van der Waals surface area (Å²) in [4.78, 5) is 12.2. The number of hydrogen-bond donors (Lipinski definition) is 2. The molecule has 0 bridgehead atoms. The third-order valence-electron chi connectivity index (χ3n) is 2.63. The smallest absolute Gasteiger partial charge is 0.257 e. The van der Waals surface area contributed by atoms with Gasteiger partial charge in [0, 0.05) is 5.39 Å². The minimum Gasteiger partial charge on any atom is -0.321 e. The van der Waals surface area contributed by atoms with Gasteiger partial charge in [0.1, 0.15) is 0 Å². The summed E-state index contributed by atoms with van der Waals surface area (Å²) in [7, 11) is 0. The van der Waals surface area contributed by atoms with Gasteiger partial charge in [-0.1, -0.05) is 6.07 Å². The standard InChI is InChI=1S/C12H7Br2N3OS/c13-10-4-6(11(14)19-10)12(18)16-8-2-1-3-9-7(8)5-15-17-9/h1-5H,(H,15,17)(H,16,18). The topological polar surface area (TPSA) is 57.8 Å². The molecule has 0 aliphatic carbocycles. The molecule has 0 aliphatic heterocycles. The second kappa shape index (κ2) is 5.07. The molecule has 0 unspecified atom stereocenters. The molecule has 3 aromatic rings. The van der Waals surface area contributed by atoms with Crippen molar-refractivity contribution in [1.29, 1.82) is 0 Å². The Kier molecular flexibility index (Phi) is 3.42. The molecule has 2 N–H and O–H groups in total. The lowest BCUT2D eigenvalue weighted by molar-refractivity contribution is 0.102. The van der Waals surface area contributed by atoms with E-state index in [0.29, 0.717) is 5.56 Å². The van der Waals surface area contributed by atoms with Crippen LogP contribution >= 0.6 is 43.2 Å². The van der Waals surface area contributed by atoms with Crippen LogP contribution in [-0.4, -0.2) is 16.1 Å². The molecule has 0 atom stereocenters. The zero-order valence-electron chi connectivity index (χ0n) is 9.41. The highest BCUT2D eigenvalue weighted by molar-refractivity contribution is 9.12. The summed E-state index contributed by atoms with van der Waals surface area (Å²) >= 11 is 8.21. The van der Waals surface area contributed by atoms with Crippen molar-refractivity contribution in [2.24, 2.45) is 0 Å². The number of rotatable bonds is 2. The van der Waals surface area contributed by atoms with Crippen molar-refractivity contribution in [3.8, 4) is 0 Å². The maximum Gasteiger partial charge on any atom is 0.257 e.